The minimum Gasteiger partial charge on any atom is -0.481 e. The Balaban J connectivity index is 2.10. The van der Waals surface area contributed by atoms with Crippen LogP contribution in [0, 0.1) is 23.2 Å². The smallest absolute Gasteiger partial charge is 0.307 e. The molecule has 0 aromatic carbocycles. The van der Waals surface area contributed by atoms with E-state index in [-0.39, 0.29) is 22.9 Å². The summed E-state index contributed by atoms with van der Waals surface area (Å²) in [7, 11) is 0. The van der Waals surface area contributed by atoms with Crippen LogP contribution in [-0.4, -0.2) is 33.9 Å². The fraction of sp³-hybridized carbons (Fsp3) is 0.786. The van der Waals surface area contributed by atoms with E-state index in [2.05, 4.69) is 5.32 Å². The van der Waals surface area contributed by atoms with Gasteiger partial charge in [0.1, 0.15) is 0 Å². The summed E-state index contributed by atoms with van der Waals surface area (Å²) in [4.78, 5) is 35.4. The van der Waals surface area contributed by atoms with Crippen LogP contribution in [0.5, 0.6) is 0 Å². The van der Waals surface area contributed by atoms with Gasteiger partial charge in [0.25, 0.3) is 0 Å². The number of thioether (sulfide) groups is 1. The van der Waals surface area contributed by atoms with Crippen molar-refractivity contribution in [1.82, 2.24) is 5.32 Å². The summed E-state index contributed by atoms with van der Waals surface area (Å²) in [6.45, 7) is 5.56. The maximum atomic E-state index is 12.4. The van der Waals surface area contributed by atoms with Crippen LogP contribution >= 0.6 is 11.8 Å². The van der Waals surface area contributed by atoms with Crippen molar-refractivity contribution in [1.29, 1.82) is 0 Å². The first kappa shape index (κ1) is 15.4. The average Bonchev–Trinajstić information content (AvgIpc) is 2.80. The largest absolute Gasteiger partial charge is 0.481 e. The van der Waals surface area contributed by atoms with Gasteiger partial charge in [-0.3, -0.25) is 14.4 Å². The summed E-state index contributed by atoms with van der Waals surface area (Å²) in [5, 5.41) is 12.2. The third-order valence-corrected chi connectivity index (χ3v) is 5.72. The molecule has 2 fully saturated rings. The first-order valence-electron chi connectivity index (χ1n) is 6.95. The molecule has 0 bridgehead atoms. The van der Waals surface area contributed by atoms with E-state index in [1.165, 1.54) is 11.8 Å². The van der Waals surface area contributed by atoms with Gasteiger partial charge >= 0.3 is 5.97 Å². The quantitative estimate of drug-likeness (QED) is 0.825. The molecule has 112 valence electrons. The topological polar surface area (TPSA) is 83.5 Å². The highest BCUT2D eigenvalue weighted by atomic mass is 32.2. The lowest BCUT2D eigenvalue weighted by molar-refractivity contribution is -0.147. The molecule has 1 heterocycles. The minimum absolute atomic E-state index is 0.0111. The maximum Gasteiger partial charge on any atom is 0.307 e. The Labute approximate surface area is 122 Å². The van der Waals surface area contributed by atoms with Crippen molar-refractivity contribution >= 4 is 28.8 Å². The summed E-state index contributed by atoms with van der Waals surface area (Å²) in [5.41, 5.74) is -0.593. The lowest BCUT2D eigenvalue weighted by atomic mass is 9.74. The predicted octanol–water partition coefficient (Wildman–Crippen LogP) is 1.52. The highest BCUT2D eigenvalue weighted by Crippen LogP contribution is 2.50. The normalized spacial score (nSPS) is 36.0. The Morgan fingerprint density at radius 3 is 2.50 bits per heavy atom. The monoisotopic (exact) mass is 299 g/mol. The number of carboxylic acids is 1. The van der Waals surface area contributed by atoms with Crippen LogP contribution in [-0.2, 0) is 14.4 Å². The molecule has 5 nitrogen and oxygen atoms in total. The van der Waals surface area contributed by atoms with Crippen LogP contribution < -0.4 is 5.32 Å². The fourth-order valence-electron chi connectivity index (χ4n) is 3.67. The van der Waals surface area contributed by atoms with Gasteiger partial charge < -0.3 is 10.4 Å². The van der Waals surface area contributed by atoms with Crippen molar-refractivity contribution in [2.45, 2.75) is 39.7 Å². The SMILES string of the molecule is CC1CC(C(=O)NC2CCSC2=O)C(C)(C)C1C(=O)O. The first-order chi connectivity index (χ1) is 9.25. The highest BCUT2D eigenvalue weighted by Gasteiger charge is 2.54. The maximum absolute atomic E-state index is 12.4. The first-order valence-corrected chi connectivity index (χ1v) is 7.93. The van der Waals surface area contributed by atoms with Gasteiger partial charge in [0.15, 0.2) is 0 Å². The van der Waals surface area contributed by atoms with Crippen LogP contribution in [0.15, 0.2) is 0 Å². The van der Waals surface area contributed by atoms with Crippen LogP contribution in [0.4, 0.5) is 0 Å². The molecule has 1 aliphatic heterocycles. The van der Waals surface area contributed by atoms with Gasteiger partial charge in [0.2, 0.25) is 11.0 Å². The predicted molar refractivity (Wildman–Crippen MR) is 76.2 cm³/mol. The number of rotatable bonds is 3. The average molecular weight is 299 g/mol. The molecule has 0 radical (unpaired) electrons. The van der Waals surface area contributed by atoms with E-state index in [0.29, 0.717) is 12.8 Å². The number of nitrogens with one attached hydrogen (secondary N) is 1. The van der Waals surface area contributed by atoms with Crippen molar-refractivity contribution in [3.63, 3.8) is 0 Å². The van der Waals surface area contributed by atoms with Crippen molar-refractivity contribution in [3.05, 3.63) is 0 Å². The molecular formula is C14H21NO4S. The number of carboxylic acid groups (broad SMARTS) is 1. The molecule has 0 aromatic heterocycles. The van der Waals surface area contributed by atoms with Gasteiger partial charge in [-0.1, -0.05) is 32.5 Å². The molecule has 0 aromatic rings. The lowest BCUT2D eigenvalue weighted by Crippen LogP contribution is -2.45. The zero-order valence-electron chi connectivity index (χ0n) is 12.0. The zero-order valence-corrected chi connectivity index (χ0v) is 12.8. The van der Waals surface area contributed by atoms with E-state index in [4.69, 9.17) is 0 Å². The number of carbonyl (C=O) groups is 3. The number of amides is 1. The molecule has 6 heteroatoms. The summed E-state index contributed by atoms with van der Waals surface area (Å²) in [6, 6.07) is -0.400. The van der Waals surface area contributed by atoms with Crippen molar-refractivity contribution in [2.24, 2.45) is 23.2 Å². The second-order valence-electron chi connectivity index (χ2n) is 6.42. The van der Waals surface area contributed by atoms with Gasteiger partial charge in [-0.15, -0.1) is 0 Å². The summed E-state index contributed by atoms with van der Waals surface area (Å²) < 4.78 is 0. The number of aliphatic carboxylic acids is 1. The minimum atomic E-state index is -0.842. The van der Waals surface area contributed by atoms with Crippen molar-refractivity contribution < 1.29 is 19.5 Å². The van der Waals surface area contributed by atoms with E-state index < -0.39 is 23.3 Å². The molecule has 2 rings (SSSR count). The Hall–Kier alpha value is -1.04. The summed E-state index contributed by atoms with van der Waals surface area (Å²) in [6.07, 6.45) is 1.23. The third kappa shape index (κ3) is 2.57. The second-order valence-corrected chi connectivity index (χ2v) is 7.52. The number of hydrogen-bond donors (Lipinski definition) is 2. The Morgan fingerprint density at radius 1 is 1.40 bits per heavy atom. The van der Waals surface area contributed by atoms with E-state index in [1.807, 2.05) is 20.8 Å². The molecule has 1 saturated heterocycles. The molecule has 2 N–H and O–H groups in total. The molecule has 1 amide bonds. The standard InChI is InChI=1S/C14H21NO4S/c1-7-6-8(14(2,3)10(7)12(17)18)11(16)15-9-4-5-20-13(9)19/h7-10H,4-6H2,1-3H3,(H,15,16)(H,17,18). The van der Waals surface area contributed by atoms with Gasteiger partial charge in [0.05, 0.1) is 12.0 Å². The van der Waals surface area contributed by atoms with E-state index in [0.717, 1.165) is 5.75 Å². The molecular weight excluding hydrogens is 278 g/mol. The molecule has 4 unspecified atom stereocenters. The third-order valence-electron chi connectivity index (χ3n) is 4.71. The van der Waals surface area contributed by atoms with Gasteiger partial charge in [-0.2, -0.15) is 0 Å². The van der Waals surface area contributed by atoms with Crippen LogP contribution in [0.1, 0.15) is 33.6 Å². The molecule has 20 heavy (non-hydrogen) atoms. The zero-order chi connectivity index (χ0) is 15.1. The van der Waals surface area contributed by atoms with E-state index in [1.54, 1.807) is 0 Å². The van der Waals surface area contributed by atoms with Crippen molar-refractivity contribution in [2.75, 3.05) is 5.75 Å². The van der Waals surface area contributed by atoms with E-state index >= 15 is 0 Å². The fourth-order valence-corrected chi connectivity index (χ4v) is 4.60. The lowest BCUT2D eigenvalue weighted by Gasteiger charge is -2.31. The number of hydrogen-bond acceptors (Lipinski definition) is 4. The summed E-state index contributed by atoms with van der Waals surface area (Å²) in [5.74, 6) is -1.18. The summed E-state index contributed by atoms with van der Waals surface area (Å²) >= 11 is 1.25. The van der Waals surface area contributed by atoms with Crippen LogP contribution in [0.3, 0.4) is 0 Å². The number of carbonyl (C=O) groups excluding carboxylic acids is 2. The molecule has 1 aliphatic carbocycles. The van der Waals surface area contributed by atoms with Gasteiger partial charge in [-0.05, 0) is 24.2 Å². The second kappa shape index (κ2) is 5.39. The van der Waals surface area contributed by atoms with Crippen molar-refractivity contribution in [3.8, 4) is 0 Å². The van der Waals surface area contributed by atoms with Gasteiger partial charge in [-0.25, -0.2) is 0 Å². The Morgan fingerprint density at radius 2 is 2.05 bits per heavy atom. The Kier molecular flexibility index (Phi) is 4.14. The molecule has 2 aliphatic rings. The molecule has 0 spiro atoms. The van der Waals surface area contributed by atoms with Crippen LogP contribution in [0.2, 0.25) is 0 Å². The highest BCUT2D eigenvalue weighted by molar-refractivity contribution is 8.14. The molecule has 4 atom stereocenters. The Bertz CT molecular complexity index is 448. The van der Waals surface area contributed by atoms with Gasteiger partial charge in [0, 0.05) is 11.7 Å². The van der Waals surface area contributed by atoms with E-state index in [9.17, 15) is 19.5 Å². The molecule has 1 saturated carbocycles. The van der Waals surface area contributed by atoms with Crippen LogP contribution in [0.25, 0.3) is 0 Å².